The van der Waals surface area contributed by atoms with Gasteiger partial charge in [0.2, 0.25) is 0 Å². The van der Waals surface area contributed by atoms with Crippen LogP contribution in [-0.2, 0) is 17.8 Å². The molecule has 0 aliphatic carbocycles. The Labute approximate surface area is 124 Å². The summed E-state index contributed by atoms with van der Waals surface area (Å²) in [6, 6.07) is 17.6. The number of amides is 1. The number of hydrogen-bond donors (Lipinski definition) is 2. The van der Waals surface area contributed by atoms with E-state index in [1.807, 2.05) is 36.4 Å². The third kappa shape index (κ3) is 4.70. The van der Waals surface area contributed by atoms with Gasteiger partial charge in [0.15, 0.2) is 0 Å². The molecule has 0 aliphatic heterocycles. The van der Waals surface area contributed by atoms with Crippen molar-refractivity contribution in [3.05, 3.63) is 71.3 Å². The van der Waals surface area contributed by atoms with Gasteiger partial charge in [0.1, 0.15) is 0 Å². The molecule has 0 bridgehead atoms. The van der Waals surface area contributed by atoms with Crippen LogP contribution in [-0.4, -0.2) is 12.5 Å². The summed E-state index contributed by atoms with van der Waals surface area (Å²) in [5.74, 6) is 4.88. The largest absolute Gasteiger partial charge is 0.377 e. The highest BCUT2D eigenvalue weighted by molar-refractivity contribution is 5.95. The van der Waals surface area contributed by atoms with Gasteiger partial charge in [-0.2, -0.15) is 0 Å². The molecule has 0 saturated carbocycles. The molecule has 2 aromatic carbocycles. The van der Waals surface area contributed by atoms with Crippen LogP contribution in [0.4, 0.5) is 0 Å². The zero-order chi connectivity index (χ0) is 14.9. The van der Waals surface area contributed by atoms with Crippen molar-refractivity contribution in [2.45, 2.75) is 19.4 Å². The Morgan fingerprint density at radius 2 is 1.76 bits per heavy atom. The quantitative estimate of drug-likeness (QED) is 0.355. The number of benzene rings is 2. The Bertz CT molecular complexity index is 570. The average molecular weight is 284 g/mol. The Hall–Kier alpha value is -2.17. The molecule has 0 atom stereocenters. The van der Waals surface area contributed by atoms with E-state index in [4.69, 9.17) is 10.6 Å². The molecule has 0 heterocycles. The third-order valence-corrected chi connectivity index (χ3v) is 3.25. The Balaban J connectivity index is 1.77. The summed E-state index contributed by atoms with van der Waals surface area (Å²) in [6.07, 6.45) is 1.95. The molecule has 4 nitrogen and oxygen atoms in total. The van der Waals surface area contributed by atoms with Crippen molar-refractivity contribution in [3.8, 4) is 0 Å². The van der Waals surface area contributed by atoms with Gasteiger partial charge in [0.05, 0.1) is 6.61 Å². The van der Waals surface area contributed by atoms with Gasteiger partial charge >= 0.3 is 0 Å². The molecule has 3 N–H and O–H groups in total. The number of carbonyl (C=O) groups excluding carboxylic acids is 1. The van der Waals surface area contributed by atoms with E-state index in [0.29, 0.717) is 18.8 Å². The van der Waals surface area contributed by atoms with E-state index in [1.165, 1.54) is 5.56 Å². The average Bonchev–Trinajstić information content (AvgIpc) is 2.55. The minimum absolute atomic E-state index is 0.293. The monoisotopic (exact) mass is 284 g/mol. The van der Waals surface area contributed by atoms with Gasteiger partial charge in [0.25, 0.3) is 5.91 Å². The van der Waals surface area contributed by atoms with Gasteiger partial charge in [-0.05, 0) is 30.0 Å². The van der Waals surface area contributed by atoms with E-state index in [9.17, 15) is 4.79 Å². The highest BCUT2D eigenvalue weighted by Crippen LogP contribution is 2.10. The third-order valence-electron chi connectivity index (χ3n) is 3.25. The van der Waals surface area contributed by atoms with Gasteiger partial charge in [-0.25, -0.2) is 5.84 Å². The number of nitrogens with one attached hydrogen (secondary N) is 1. The summed E-state index contributed by atoms with van der Waals surface area (Å²) in [4.78, 5) is 11.6. The van der Waals surface area contributed by atoms with Crippen LogP contribution in [0.1, 0.15) is 27.9 Å². The lowest BCUT2D eigenvalue weighted by Gasteiger charge is -2.09. The van der Waals surface area contributed by atoms with Crippen molar-refractivity contribution < 1.29 is 9.53 Å². The van der Waals surface area contributed by atoms with Gasteiger partial charge in [-0.1, -0.05) is 48.5 Å². The van der Waals surface area contributed by atoms with Crippen molar-refractivity contribution >= 4 is 5.91 Å². The molecular weight excluding hydrogens is 264 g/mol. The van der Waals surface area contributed by atoms with Crippen molar-refractivity contribution in [1.29, 1.82) is 0 Å². The first kappa shape index (κ1) is 15.2. The molecule has 1 amide bonds. The predicted octanol–water partition coefficient (Wildman–Crippen LogP) is 2.44. The highest BCUT2D eigenvalue weighted by Gasteiger charge is 2.08. The minimum Gasteiger partial charge on any atom is -0.377 e. The van der Waals surface area contributed by atoms with E-state index in [2.05, 4.69) is 17.6 Å². The van der Waals surface area contributed by atoms with Crippen LogP contribution in [0.2, 0.25) is 0 Å². The number of carbonyl (C=O) groups is 1. The molecule has 0 radical (unpaired) electrons. The normalized spacial score (nSPS) is 10.3. The first-order chi connectivity index (χ1) is 10.3. The van der Waals surface area contributed by atoms with Crippen LogP contribution < -0.4 is 11.3 Å². The van der Waals surface area contributed by atoms with Crippen molar-refractivity contribution in [2.24, 2.45) is 5.84 Å². The lowest BCUT2D eigenvalue weighted by molar-refractivity contribution is 0.0938. The Morgan fingerprint density at radius 3 is 2.52 bits per heavy atom. The number of nitrogens with two attached hydrogens (primary N) is 1. The zero-order valence-corrected chi connectivity index (χ0v) is 11.9. The SMILES string of the molecule is NNC(=O)c1ccccc1COCCCc1ccccc1. The van der Waals surface area contributed by atoms with Gasteiger partial charge < -0.3 is 4.74 Å². The highest BCUT2D eigenvalue weighted by atomic mass is 16.5. The molecule has 0 saturated heterocycles. The summed E-state index contributed by atoms with van der Waals surface area (Å²) >= 11 is 0. The Morgan fingerprint density at radius 1 is 1.05 bits per heavy atom. The van der Waals surface area contributed by atoms with E-state index in [1.54, 1.807) is 6.07 Å². The van der Waals surface area contributed by atoms with Crippen LogP contribution in [0.25, 0.3) is 0 Å². The zero-order valence-electron chi connectivity index (χ0n) is 11.9. The summed E-state index contributed by atoms with van der Waals surface area (Å²) in [6.45, 7) is 1.08. The number of aryl methyl sites for hydroxylation is 1. The fraction of sp³-hybridized carbons (Fsp3) is 0.235. The summed E-state index contributed by atoms with van der Waals surface area (Å²) in [5.41, 5.74) is 4.87. The number of nitrogen functional groups attached to an aromatic ring is 1. The maximum Gasteiger partial charge on any atom is 0.265 e. The summed E-state index contributed by atoms with van der Waals surface area (Å²) in [5, 5.41) is 0. The molecule has 2 rings (SSSR count). The number of hydrazine groups is 1. The van der Waals surface area contributed by atoms with Gasteiger partial charge in [-0.15, -0.1) is 0 Å². The first-order valence-electron chi connectivity index (χ1n) is 7.02. The summed E-state index contributed by atoms with van der Waals surface area (Å²) < 4.78 is 5.66. The second-order valence-corrected chi connectivity index (χ2v) is 4.77. The lowest BCUT2D eigenvalue weighted by atomic mass is 10.1. The van der Waals surface area contributed by atoms with Crippen molar-refractivity contribution in [2.75, 3.05) is 6.61 Å². The van der Waals surface area contributed by atoms with Crippen molar-refractivity contribution in [3.63, 3.8) is 0 Å². The van der Waals surface area contributed by atoms with Crippen LogP contribution >= 0.6 is 0 Å². The smallest absolute Gasteiger partial charge is 0.265 e. The van der Waals surface area contributed by atoms with Crippen LogP contribution in [0, 0.1) is 0 Å². The first-order valence-corrected chi connectivity index (χ1v) is 7.02. The van der Waals surface area contributed by atoms with Crippen molar-refractivity contribution in [1.82, 2.24) is 5.43 Å². The van der Waals surface area contributed by atoms with E-state index in [0.717, 1.165) is 18.4 Å². The second kappa shape index (κ2) is 8.19. The number of hydrogen-bond acceptors (Lipinski definition) is 3. The molecule has 0 fully saturated rings. The predicted molar refractivity (Wildman–Crippen MR) is 82.5 cm³/mol. The minimum atomic E-state index is -0.293. The molecule has 4 heteroatoms. The molecule has 0 unspecified atom stereocenters. The standard InChI is InChI=1S/C17H20N2O2/c18-19-17(20)16-11-5-4-10-15(16)13-21-12-6-9-14-7-2-1-3-8-14/h1-5,7-8,10-11H,6,9,12-13,18H2,(H,19,20). The number of rotatable bonds is 7. The molecular formula is C17H20N2O2. The lowest BCUT2D eigenvalue weighted by Crippen LogP contribution is -2.30. The maximum atomic E-state index is 11.6. The topological polar surface area (TPSA) is 64.3 Å². The number of ether oxygens (including phenoxy) is 1. The van der Waals surface area contributed by atoms with Crippen LogP contribution in [0.3, 0.4) is 0 Å². The van der Waals surface area contributed by atoms with Gasteiger partial charge in [0, 0.05) is 12.2 Å². The van der Waals surface area contributed by atoms with Crippen LogP contribution in [0.15, 0.2) is 54.6 Å². The molecule has 110 valence electrons. The van der Waals surface area contributed by atoms with Crippen LogP contribution in [0.5, 0.6) is 0 Å². The van der Waals surface area contributed by atoms with Gasteiger partial charge in [-0.3, -0.25) is 10.2 Å². The molecule has 0 aromatic heterocycles. The summed E-state index contributed by atoms with van der Waals surface area (Å²) in [7, 11) is 0. The van der Waals surface area contributed by atoms with E-state index in [-0.39, 0.29) is 5.91 Å². The second-order valence-electron chi connectivity index (χ2n) is 4.77. The fourth-order valence-corrected chi connectivity index (χ4v) is 2.15. The molecule has 2 aromatic rings. The van der Waals surface area contributed by atoms with E-state index >= 15 is 0 Å². The molecule has 21 heavy (non-hydrogen) atoms. The molecule has 0 aliphatic rings. The van der Waals surface area contributed by atoms with E-state index < -0.39 is 0 Å². The maximum absolute atomic E-state index is 11.6. The fourth-order valence-electron chi connectivity index (χ4n) is 2.15. The Kier molecular flexibility index (Phi) is 5.94. The molecule has 0 spiro atoms.